The summed E-state index contributed by atoms with van der Waals surface area (Å²) in [5, 5.41) is 14.7. The Bertz CT molecular complexity index is 999. The number of nitrogens with one attached hydrogen (secondary N) is 1. The number of benzene rings is 2. The number of aromatic nitrogens is 4. The molecule has 0 atom stereocenters. The Morgan fingerprint density at radius 1 is 1.09 bits per heavy atom. The molecule has 4 aromatic rings. The molecule has 0 fully saturated rings. The van der Waals surface area contributed by atoms with Crippen LogP contribution in [0.4, 0.5) is 0 Å². The molecule has 0 bridgehead atoms. The first-order valence-corrected chi connectivity index (χ1v) is 7.41. The number of H-pyrrole nitrogens is 1. The molecule has 5 nitrogen and oxygen atoms in total. The highest BCUT2D eigenvalue weighted by Crippen LogP contribution is 2.32. The fourth-order valence-corrected chi connectivity index (χ4v) is 2.78. The van der Waals surface area contributed by atoms with E-state index in [0.29, 0.717) is 11.4 Å². The molecule has 0 saturated heterocycles. The van der Waals surface area contributed by atoms with Gasteiger partial charge in [-0.3, -0.25) is 0 Å². The molecule has 114 valence electrons. The molecule has 5 heteroatoms. The van der Waals surface area contributed by atoms with Crippen LogP contribution < -0.4 is 0 Å². The van der Waals surface area contributed by atoms with Crippen LogP contribution in [0.1, 0.15) is 5.56 Å². The number of phenolic OH excluding ortho intramolecular Hbond substituents is 1. The number of hydrogen-bond acceptors (Lipinski definition) is 3. The molecule has 0 aliphatic rings. The van der Waals surface area contributed by atoms with Gasteiger partial charge < -0.3 is 10.1 Å². The van der Waals surface area contributed by atoms with Crippen LogP contribution in [0.3, 0.4) is 0 Å². The number of aryl methyl sites for hydroxylation is 2. The van der Waals surface area contributed by atoms with Gasteiger partial charge in [0.15, 0.2) is 5.65 Å². The van der Waals surface area contributed by atoms with Crippen molar-refractivity contribution in [1.82, 2.24) is 19.7 Å². The monoisotopic (exact) mass is 304 g/mol. The summed E-state index contributed by atoms with van der Waals surface area (Å²) in [5.74, 6) is 0.857. The molecule has 0 radical (unpaired) electrons. The average molecular weight is 304 g/mol. The van der Waals surface area contributed by atoms with Gasteiger partial charge in [0, 0.05) is 12.6 Å². The molecule has 4 rings (SSSR count). The van der Waals surface area contributed by atoms with Gasteiger partial charge >= 0.3 is 0 Å². The minimum Gasteiger partial charge on any atom is -0.507 e. The number of rotatable bonds is 2. The van der Waals surface area contributed by atoms with Crippen LogP contribution in [0.25, 0.3) is 33.8 Å². The number of hydrogen-bond donors (Lipinski definition) is 2. The highest BCUT2D eigenvalue weighted by atomic mass is 16.3. The van der Waals surface area contributed by atoms with Crippen molar-refractivity contribution in [2.24, 2.45) is 7.05 Å². The summed E-state index contributed by atoms with van der Waals surface area (Å²) in [6.45, 7) is 1.99. The molecule has 0 spiro atoms. The van der Waals surface area contributed by atoms with Gasteiger partial charge in [-0.2, -0.15) is 5.10 Å². The van der Waals surface area contributed by atoms with Crippen LogP contribution in [0.15, 0.2) is 48.5 Å². The third-order valence-electron chi connectivity index (χ3n) is 3.93. The van der Waals surface area contributed by atoms with E-state index in [0.717, 1.165) is 28.0 Å². The second kappa shape index (κ2) is 4.98. The highest BCUT2D eigenvalue weighted by Gasteiger charge is 2.17. The SMILES string of the molecule is Cc1ccc(O)c(-c2nc3c([nH]2)c(-c2ccccc2)nn3C)c1. The first-order chi connectivity index (χ1) is 11.1. The van der Waals surface area contributed by atoms with Crippen molar-refractivity contribution in [2.75, 3.05) is 0 Å². The standard InChI is InChI=1S/C18H16N4O/c1-11-8-9-14(23)13(10-11)17-19-16-15(12-6-4-3-5-7-12)21-22(2)18(16)20-17/h3-10,23H,1-2H3,(H,19,20). The Morgan fingerprint density at radius 2 is 1.87 bits per heavy atom. The second-order valence-electron chi connectivity index (χ2n) is 5.64. The Labute approximate surface area is 133 Å². The van der Waals surface area contributed by atoms with Gasteiger partial charge in [0.1, 0.15) is 22.8 Å². The Hall–Kier alpha value is -3.08. The first kappa shape index (κ1) is 13.6. The van der Waals surface area contributed by atoms with Crippen LogP contribution in [0.5, 0.6) is 5.75 Å². The van der Waals surface area contributed by atoms with Gasteiger partial charge in [0.2, 0.25) is 0 Å². The van der Waals surface area contributed by atoms with E-state index < -0.39 is 0 Å². The van der Waals surface area contributed by atoms with E-state index in [-0.39, 0.29) is 5.75 Å². The van der Waals surface area contributed by atoms with Crippen LogP contribution in [0, 0.1) is 6.92 Å². The van der Waals surface area contributed by atoms with E-state index >= 15 is 0 Å². The first-order valence-electron chi connectivity index (χ1n) is 7.41. The van der Waals surface area contributed by atoms with Crippen molar-refractivity contribution in [2.45, 2.75) is 6.92 Å². The number of imidazole rings is 1. The fourth-order valence-electron chi connectivity index (χ4n) is 2.78. The minimum absolute atomic E-state index is 0.212. The Balaban J connectivity index is 1.94. The zero-order chi connectivity index (χ0) is 16.0. The molecular weight excluding hydrogens is 288 g/mol. The minimum atomic E-state index is 0.212. The maximum atomic E-state index is 10.1. The zero-order valence-electron chi connectivity index (χ0n) is 12.9. The maximum absolute atomic E-state index is 10.1. The van der Waals surface area contributed by atoms with Crippen molar-refractivity contribution >= 4 is 11.2 Å². The number of phenols is 1. The van der Waals surface area contributed by atoms with Crippen LogP contribution >= 0.6 is 0 Å². The van der Waals surface area contributed by atoms with Gasteiger partial charge in [-0.25, -0.2) is 9.67 Å². The molecule has 2 aromatic heterocycles. The molecule has 0 saturated carbocycles. The predicted octanol–water partition coefficient (Wildman–Crippen LogP) is 3.64. The number of nitrogens with zero attached hydrogens (tertiary/aromatic N) is 3. The van der Waals surface area contributed by atoms with Crippen molar-refractivity contribution in [1.29, 1.82) is 0 Å². The predicted molar refractivity (Wildman–Crippen MR) is 90.1 cm³/mol. The topological polar surface area (TPSA) is 66.7 Å². The maximum Gasteiger partial charge on any atom is 0.177 e. The lowest BCUT2D eigenvalue weighted by Gasteiger charge is -2.02. The molecule has 0 amide bonds. The normalized spacial score (nSPS) is 11.2. The van der Waals surface area contributed by atoms with Gasteiger partial charge in [-0.05, 0) is 19.1 Å². The molecule has 0 unspecified atom stereocenters. The summed E-state index contributed by atoms with van der Waals surface area (Å²) in [7, 11) is 1.87. The fraction of sp³-hybridized carbons (Fsp3) is 0.111. The second-order valence-corrected chi connectivity index (χ2v) is 5.64. The van der Waals surface area contributed by atoms with Gasteiger partial charge in [0.25, 0.3) is 0 Å². The molecule has 0 aliphatic heterocycles. The average Bonchev–Trinajstić information content (AvgIpc) is 3.11. The summed E-state index contributed by atoms with van der Waals surface area (Å²) >= 11 is 0. The van der Waals surface area contributed by atoms with E-state index in [1.54, 1.807) is 10.7 Å². The van der Waals surface area contributed by atoms with E-state index in [4.69, 9.17) is 0 Å². The Morgan fingerprint density at radius 3 is 2.65 bits per heavy atom. The van der Waals surface area contributed by atoms with Gasteiger partial charge in [-0.1, -0.05) is 42.0 Å². The molecule has 0 aliphatic carbocycles. The number of aromatic hydroxyl groups is 1. The number of fused-ring (bicyclic) bond motifs is 1. The summed E-state index contributed by atoms with van der Waals surface area (Å²) in [5.41, 5.74) is 5.28. The highest BCUT2D eigenvalue weighted by molar-refractivity contribution is 5.90. The van der Waals surface area contributed by atoms with Crippen molar-refractivity contribution < 1.29 is 5.11 Å². The van der Waals surface area contributed by atoms with Crippen molar-refractivity contribution in [3.05, 3.63) is 54.1 Å². The lowest BCUT2D eigenvalue weighted by molar-refractivity contribution is 0.477. The summed E-state index contributed by atoms with van der Waals surface area (Å²) in [6, 6.07) is 15.5. The van der Waals surface area contributed by atoms with Crippen LogP contribution in [0.2, 0.25) is 0 Å². The quantitative estimate of drug-likeness (QED) is 0.594. The third-order valence-corrected chi connectivity index (χ3v) is 3.93. The molecule has 2 aromatic carbocycles. The van der Waals surface area contributed by atoms with Crippen LogP contribution in [-0.4, -0.2) is 24.9 Å². The number of aromatic amines is 1. The smallest absolute Gasteiger partial charge is 0.177 e. The lowest BCUT2D eigenvalue weighted by Crippen LogP contribution is -1.92. The zero-order valence-corrected chi connectivity index (χ0v) is 12.9. The van der Waals surface area contributed by atoms with Crippen molar-refractivity contribution in [3.8, 4) is 28.4 Å². The largest absolute Gasteiger partial charge is 0.507 e. The summed E-state index contributed by atoms with van der Waals surface area (Å²) in [6.07, 6.45) is 0. The summed E-state index contributed by atoms with van der Waals surface area (Å²) in [4.78, 5) is 7.93. The molecule has 2 heterocycles. The van der Waals surface area contributed by atoms with Gasteiger partial charge in [0.05, 0.1) is 5.56 Å². The van der Waals surface area contributed by atoms with Crippen molar-refractivity contribution in [3.63, 3.8) is 0 Å². The van der Waals surface area contributed by atoms with E-state index in [9.17, 15) is 5.11 Å². The molecule has 23 heavy (non-hydrogen) atoms. The van der Waals surface area contributed by atoms with E-state index in [1.165, 1.54) is 0 Å². The lowest BCUT2D eigenvalue weighted by atomic mass is 10.1. The van der Waals surface area contributed by atoms with E-state index in [2.05, 4.69) is 15.1 Å². The Kier molecular flexibility index (Phi) is 2.94. The van der Waals surface area contributed by atoms with E-state index in [1.807, 2.05) is 56.4 Å². The van der Waals surface area contributed by atoms with Gasteiger partial charge in [-0.15, -0.1) is 0 Å². The molecule has 2 N–H and O–H groups in total. The van der Waals surface area contributed by atoms with Crippen LogP contribution in [-0.2, 0) is 7.05 Å². The third kappa shape index (κ3) is 2.17. The summed E-state index contributed by atoms with van der Waals surface area (Å²) < 4.78 is 1.75. The molecular formula is C18H16N4O.